The molecular weight excluding hydrogens is 368 g/mol. The lowest BCUT2D eigenvalue weighted by atomic mass is 9.98. The Labute approximate surface area is 169 Å². The molecule has 3 N–H and O–H groups in total. The van der Waals surface area contributed by atoms with Crippen molar-refractivity contribution in [2.24, 2.45) is 0 Å². The van der Waals surface area contributed by atoms with Crippen molar-refractivity contribution in [2.75, 3.05) is 23.7 Å². The lowest BCUT2D eigenvalue weighted by Crippen LogP contribution is -2.45. The number of nitrogens with zero attached hydrogens (tertiary/aromatic N) is 4. The third-order valence-corrected chi connectivity index (χ3v) is 5.04. The van der Waals surface area contributed by atoms with E-state index < -0.39 is 0 Å². The van der Waals surface area contributed by atoms with Crippen LogP contribution >= 0.6 is 0 Å². The van der Waals surface area contributed by atoms with Gasteiger partial charge in [-0.1, -0.05) is 11.2 Å². The molecule has 1 aliphatic heterocycles. The van der Waals surface area contributed by atoms with Crippen molar-refractivity contribution in [1.82, 2.24) is 15.1 Å². The van der Waals surface area contributed by atoms with Gasteiger partial charge in [-0.2, -0.15) is 0 Å². The van der Waals surface area contributed by atoms with Gasteiger partial charge in [0.15, 0.2) is 0 Å². The predicted octanol–water partition coefficient (Wildman–Crippen LogP) is 3.05. The normalized spacial score (nSPS) is 19.3. The second kappa shape index (κ2) is 7.63. The summed E-state index contributed by atoms with van der Waals surface area (Å²) in [5, 5.41) is 12.7. The van der Waals surface area contributed by atoms with Gasteiger partial charge in [0.1, 0.15) is 18.4 Å². The number of hydrogen-bond donors (Lipinski definition) is 2. The summed E-state index contributed by atoms with van der Waals surface area (Å²) in [5.74, 6) is 0.784. The number of aryl methyl sites for hydroxylation is 1. The summed E-state index contributed by atoms with van der Waals surface area (Å²) in [5.41, 5.74) is 10.6. The van der Waals surface area contributed by atoms with Crippen molar-refractivity contribution in [1.29, 1.82) is 5.41 Å². The van der Waals surface area contributed by atoms with Gasteiger partial charge in [0, 0.05) is 36.0 Å². The minimum absolute atomic E-state index is 0.121. The molecule has 2 aromatic heterocycles. The van der Waals surface area contributed by atoms with Crippen LogP contribution in [0, 0.1) is 12.3 Å². The first kappa shape index (κ1) is 19.1. The molecule has 8 heteroatoms. The van der Waals surface area contributed by atoms with Crippen LogP contribution in [0.1, 0.15) is 30.8 Å². The molecule has 1 fully saturated rings. The number of aromatic nitrogens is 3. The molecule has 4 rings (SSSR count). The van der Waals surface area contributed by atoms with Crippen molar-refractivity contribution >= 4 is 17.2 Å². The van der Waals surface area contributed by atoms with Crippen molar-refractivity contribution in [3.05, 3.63) is 53.8 Å². The van der Waals surface area contributed by atoms with Gasteiger partial charge in [0.05, 0.1) is 29.3 Å². The largest absolute Gasteiger partial charge is 0.398 e. The average molecular weight is 392 g/mol. The molecule has 2 atom stereocenters. The molecule has 8 nitrogen and oxygen atoms in total. The summed E-state index contributed by atoms with van der Waals surface area (Å²) in [6, 6.07) is 7.40. The van der Waals surface area contributed by atoms with Crippen molar-refractivity contribution in [3.8, 4) is 11.1 Å². The first-order valence-corrected chi connectivity index (χ1v) is 9.55. The van der Waals surface area contributed by atoms with Crippen molar-refractivity contribution < 1.29 is 9.26 Å². The summed E-state index contributed by atoms with van der Waals surface area (Å²) >= 11 is 0. The summed E-state index contributed by atoms with van der Waals surface area (Å²) in [7, 11) is 0. The highest BCUT2D eigenvalue weighted by molar-refractivity contribution is 6.13. The zero-order valence-corrected chi connectivity index (χ0v) is 16.7. The first-order valence-electron chi connectivity index (χ1n) is 9.55. The van der Waals surface area contributed by atoms with E-state index in [1.165, 1.54) is 6.33 Å². The van der Waals surface area contributed by atoms with Crippen LogP contribution in [0.3, 0.4) is 0 Å². The molecule has 0 saturated carbocycles. The fourth-order valence-corrected chi connectivity index (χ4v) is 3.67. The quantitative estimate of drug-likeness (QED) is 0.518. The Morgan fingerprint density at radius 2 is 1.93 bits per heavy atom. The van der Waals surface area contributed by atoms with E-state index in [0.29, 0.717) is 16.9 Å². The highest BCUT2D eigenvalue weighted by Crippen LogP contribution is 2.28. The fourth-order valence-electron chi connectivity index (χ4n) is 3.67. The first-order chi connectivity index (χ1) is 13.9. The van der Waals surface area contributed by atoms with Gasteiger partial charge in [-0.25, -0.2) is 9.97 Å². The van der Waals surface area contributed by atoms with Gasteiger partial charge in [-0.3, -0.25) is 5.41 Å². The summed E-state index contributed by atoms with van der Waals surface area (Å²) in [6.45, 7) is 7.47. The Hall–Kier alpha value is -3.26. The summed E-state index contributed by atoms with van der Waals surface area (Å²) in [6.07, 6.45) is 3.33. The number of morpholine rings is 1. The molecular formula is C21H24N6O2. The maximum atomic E-state index is 8.72. The molecule has 2 unspecified atom stereocenters. The molecule has 0 amide bonds. The Morgan fingerprint density at radius 1 is 1.17 bits per heavy atom. The SMILES string of the molecule is Cc1nocc1-c1ccc(N)c(C(=N)c2cc(N3CC(C)OC(C)C3)ncn2)c1. The molecule has 0 aliphatic carbocycles. The van der Waals surface area contributed by atoms with Crippen LogP contribution in [-0.4, -0.2) is 46.1 Å². The maximum Gasteiger partial charge on any atom is 0.132 e. The number of nitrogen functional groups attached to an aromatic ring is 1. The minimum Gasteiger partial charge on any atom is -0.398 e. The second-order valence-electron chi connectivity index (χ2n) is 7.41. The van der Waals surface area contributed by atoms with E-state index in [-0.39, 0.29) is 17.9 Å². The van der Waals surface area contributed by atoms with E-state index in [1.54, 1.807) is 12.3 Å². The van der Waals surface area contributed by atoms with Crippen LogP contribution in [0.2, 0.25) is 0 Å². The molecule has 0 radical (unpaired) electrons. The number of rotatable bonds is 4. The monoisotopic (exact) mass is 392 g/mol. The van der Waals surface area contributed by atoms with E-state index >= 15 is 0 Å². The lowest BCUT2D eigenvalue weighted by molar-refractivity contribution is -0.00546. The number of nitrogens with two attached hydrogens (primary N) is 1. The van der Waals surface area contributed by atoms with Gasteiger partial charge in [-0.15, -0.1) is 0 Å². The molecule has 150 valence electrons. The predicted molar refractivity (Wildman–Crippen MR) is 111 cm³/mol. The van der Waals surface area contributed by atoms with E-state index in [1.807, 2.05) is 39.0 Å². The molecule has 0 bridgehead atoms. The zero-order valence-electron chi connectivity index (χ0n) is 16.7. The Morgan fingerprint density at radius 3 is 2.62 bits per heavy atom. The number of anilines is 2. The number of benzene rings is 1. The maximum absolute atomic E-state index is 8.72. The van der Waals surface area contributed by atoms with E-state index in [0.717, 1.165) is 35.7 Å². The Balaban J connectivity index is 1.66. The molecule has 3 aromatic rings. The topological polar surface area (TPSA) is 114 Å². The van der Waals surface area contributed by atoms with Crippen molar-refractivity contribution in [3.63, 3.8) is 0 Å². The molecule has 1 aliphatic rings. The molecule has 1 aromatic carbocycles. The van der Waals surface area contributed by atoms with Gasteiger partial charge in [0.25, 0.3) is 0 Å². The number of hydrogen-bond acceptors (Lipinski definition) is 8. The smallest absolute Gasteiger partial charge is 0.132 e. The van der Waals surface area contributed by atoms with Crippen LogP contribution in [0.5, 0.6) is 0 Å². The standard InChI is InChI=1S/C21H24N6O2/c1-12-8-27(9-13(2)29-12)20-7-19(24-11-25-20)21(23)16-6-15(4-5-18(16)22)17-10-28-26-14(17)3/h4-7,10-13,23H,8-9,22H2,1-3H3. The van der Waals surface area contributed by atoms with E-state index in [4.69, 9.17) is 20.4 Å². The molecule has 29 heavy (non-hydrogen) atoms. The molecule has 3 heterocycles. The third-order valence-electron chi connectivity index (χ3n) is 5.04. The minimum atomic E-state index is 0.121. The highest BCUT2D eigenvalue weighted by atomic mass is 16.5. The van der Waals surface area contributed by atoms with Gasteiger partial charge >= 0.3 is 0 Å². The van der Waals surface area contributed by atoms with Crippen LogP contribution in [0.15, 0.2) is 41.4 Å². The van der Waals surface area contributed by atoms with Crippen LogP contribution in [-0.2, 0) is 4.74 Å². The Bertz CT molecular complexity index is 1040. The summed E-state index contributed by atoms with van der Waals surface area (Å²) < 4.78 is 10.8. The second-order valence-corrected chi connectivity index (χ2v) is 7.41. The number of nitrogens with one attached hydrogen (secondary N) is 1. The molecule has 0 spiro atoms. The highest BCUT2D eigenvalue weighted by Gasteiger charge is 2.24. The molecule has 1 saturated heterocycles. The Kier molecular flexibility index (Phi) is 5.02. The fraction of sp³-hybridized carbons (Fsp3) is 0.333. The van der Waals surface area contributed by atoms with Crippen LogP contribution < -0.4 is 10.6 Å². The third kappa shape index (κ3) is 3.84. The van der Waals surface area contributed by atoms with E-state index in [9.17, 15) is 0 Å². The van der Waals surface area contributed by atoms with Gasteiger partial charge in [-0.05, 0) is 38.5 Å². The van der Waals surface area contributed by atoms with Crippen LogP contribution in [0.4, 0.5) is 11.5 Å². The average Bonchev–Trinajstić information content (AvgIpc) is 3.13. The number of ether oxygens (including phenoxy) is 1. The lowest BCUT2D eigenvalue weighted by Gasteiger charge is -2.36. The summed E-state index contributed by atoms with van der Waals surface area (Å²) in [4.78, 5) is 10.9. The zero-order chi connectivity index (χ0) is 20.5. The van der Waals surface area contributed by atoms with Gasteiger partial charge in [0.2, 0.25) is 0 Å². The van der Waals surface area contributed by atoms with Crippen LogP contribution in [0.25, 0.3) is 11.1 Å². The van der Waals surface area contributed by atoms with Crippen molar-refractivity contribution in [2.45, 2.75) is 33.0 Å². The van der Waals surface area contributed by atoms with Gasteiger partial charge < -0.3 is 19.9 Å². The van der Waals surface area contributed by atoms with E-state index in [2.05, 4.69) is 20.0 Å².